The number of hydrogen-bond acceptors (Lipinski definition) is 5. The summed E-state index contributed by atoms with van der Waals surface area (Å²) < 4.78 is 11.7. The molecule has 7 nitrogen and oxygen atoms in total. The molecule has 0 radical (unpaired) electrons. The zero-order chi connectivity index (χ0) is 20.3. The van der Waals surface area contributed by atoms with E-state index in [1.54, 1.807) is 30.3 Å². The van der Waals surface area contributed by atoms with Gasteiger partial charge in [0.25, 0.3) is 11.8 Å². The predicted octanol–water partition coefficient (Wildman–Crippen LogP) is 3.88. The molecular formula is C20H19BrN2O5. The fourth-order valence-corrected chi connectivity index (χ4v) is 3.06. The molecule has 1 aromatic carbocycles. The average Bonchev–Trinajstić information content (AvgIpc) is 3.17. The summed E-state index contributed by atoms with van der Waals surface area (Å²) in [6, 6.07) is 7.78. The maximum absolute atomic E-state index is 12.7. The van der Waals surface area contributed by atoms with Gasteiger partial charge in [-0.15, -0.1) is 0 Å². The summed E-state index contributed by atoms with van der Waals surface area (Å²) in [6.45, 7) is 3.94. The van der Waals surface area contributed by atoms with Crippen molar-refractivity contribution in [2.75, 3.05) is 0 Å². The van der Waals surface area contributed by atoms with Crippen LogP contribution in [0.4, 0.5) is 4.79 Å². The highest BCUT2D eigenvalue weighted by atomic mass is 79.9. The highest BCUT2D eigenvalue weighted by Gasteiger charge is 2.36. The molecule has 0 unspecified atom stereocenters. The molecule has 0 aliphatic carbocycles. The summed E-state index contributed by atoms with van der Waals surface area (Å²) in [5.74, 6) is -0.306. The van der Waals surface area contributed by atoms with Gasteiger partial charge in [-0.05, 0) is 65.2 Å². The molecule has 1 aromatic heterocycles. The second-order valence-corrected chi connectivity index (χ2v) is 7.17. The number of nitrogens with zero attached hydrogens (tertiary/aromatic N) is 1. The van der Waals surface area contributed by atoms with Gasteiger partial charge in [-0.2, -0.15) is 0 Å². The Bertz CT molecular complexity index is 936. The van der Waals surface area contributed by atoms with Crippen LogP contribution in [0.25, 0.3) is 6.08 Å². The van der Waals surface area contributed by atoms with Gasteiger partial charge >= 0.3 is 6.03 Å². The Labute approximate surface area is 170 Å². The summed E-state index contributed by atoms with van der Waals surface area (Å²) in [6.07, 6.45) is 3.82. The van der Waals surface area contributed by atoms with Gasteiger partial charge in [0.15, 0.2) is 0 Å². The van der Waals surface area contributed by atoms with E-state index in [0.29, 0.717) is 21.5 Å². The van der Waals surface area contributed by atoms with Gasteiger partial charge < -0.3 is 9.15 Å². The smallest absolute Gasteiger partial charge is 0.331 e. The van der Waals surface area contributed by atoms with Crippen molar-refractivity contribution < 1.29 is 23.5 Å². The molecule has 2 heterocycles. The van der Waals surface area contributed by atoms with Gasteiger partial charge in [-0.1, -0.05) is 13.0 Å². The van der Waals surface area contributed by atoms with E-state index in [4.69, 9.17) is 9.15 Å². The number of furan rings is 1. The quantitative estimate of drug-likeness (QED) is 0.537. The number of urea groups is 1. The van der Waals surface area contributed by atoms with E-state index in [2.05, 4.69) is 21.2 Å². The molecule has 3 rings (SSSR count). The van der Waals surface area contributed by atoms with Crippen molar-refractivity contribution >= 4 is 39.9 Å². The lowest BCUT2D eigenvalue weighted by Gasteiger charge is -2.25. The van der Waals surface area contributed by atoms with Gasteiger partial charge in [0, 0.05) is 0 Å². The van der Waals surface area contributed by atoms with Crippen molar-refractivity contribution in [1.29, 1.82) is 0 Å². The van der Waals surface area contributed by atoms with Crippen LogP contribution in [0.2, 0.25) is 0 Å². The molecule has 1 aliphatic rings. The first-order valence-corrected chi connectivity index (χ1v) is 9.55. The molecule has 1 atom stereocenters. The third kappa shape index (κ3) is 4.33. The zero-order valence-electron chi connectivity index (χ0n) is 15.4. The molecule has 1 aliphatic heterocycles. The van der Waals surface area contributed by atoms with Gasteiger partial charge in [-0.25, -0.2) is 4.79 Å². The number of nitrogens with one attached hydrogen (secondary N) is 1. The molecule has 28 heavy (non-hydrogen) atoms. The highest BCUT2D eigenvalue weighted by molar-refractivity contribution is 9.10. The maximum atomic E-state index is 12.7. The minimum atomic E-state index is -0.776. The first kappa shape index (κ1) is 19.9. The minimum absolute atomic E-state index is 0.0618. The first-order valence-electron chi connectivity index (χ1n) is 8.76. The monoisotopic (exact) mass is 446 g/mol. The summed E-state index contributed by atoms with van der Waals surface area (Å²) in [5, 5.41) is 2.18. The molecule has 1 saturated heterocycles. The van der Waals surface area contributed by atoms with Gasteiger partial charge in [-0.3, -0.25) is 19.8 Å². The van der Waals surface area contributed by atoms with E-state index in [1.807, 2.05) is 13.8 Å². The molecular weight excluding hydrogens is 428 g/mol. The van der Waals surface area contributed by atoms with Crippen molar-refractivity contribution in [3.8, 4) is 5.75 Å². The van der Waals surface area contributed by atoms with Crippen LogP contribution in [0.15, 0.2) is 51.1 Å². The number of rotatable bonds is 6. The van der Waals surface area contributed by atoms with Crippen LogP contribution in [0.1, 0.15) is 31.6 Å². The standard InChI is InChI=1S/C20H19BrN2O5/c1-3-12(2)28-17-7-6-13(10-16(17)21)9-15-18(24)22-20(26)23(19(15)25)11-14-5-4-8-27-14/h4-10,12H,3,11H2,1-2H3,(H,22,24,26)/b15-9+/t12-/m1/s1. The van der Waals surface area contributed by atoms with Crippen molar-refractivity contribution in [3.05, 3.63) is 58.0 Å². The van der Waals surface area contributed by atoms with Crippen LogP contribution in [0.3, 0.4) is 0 Å². The third-order valence-electron chi connectivity index (χ3n) is 4.25. The zero-order valence-corrected chi connectivity index (χ0v) is 17.0. The number of hydrogen-bond donors (Lipinski definition) is 1. The van der Waals surface area contributed by atoms with Crippen LogP contribution >= 0.6 is 15.9 Å². The van der Waals surface area contributed by atoms with Gasteiger partial charge in [0.05, 0.1) is 23.4 Å². The minimum Gasteiger partial charge on any atom is -0.490 e. The van der Waals surface area contributed by atoms with Crippen molar-refractivity contribution in [2.24, 2.45) is 0 Å². The average molecular weight is 447 g/mol. The summed E-state index contributed by atoms with van der Waals surface area (Å²) in [4.78, 5) is 37.9. The molecule has 0 bridgehead atoms. The third-order valence-corrected chi connectivity index (χ3v) is 4.87. The highest BCUT2D eigenvalue weighted by Crippen LogP contribution is 2.28. The lowest BCUT2D eigenvalue weighted by atomic mass is 10.1. The van der Waals surface area contributed by atoms with Crippen LogP contribution < -0.4 is 10.1 Å². The predicted molar refractivity (Wildman–Crippen MR) is 105 cm³/mol. The summed E-state index contributed by atoms with van der Waals surface area (Å²) in [5.41, 5.74) is 0.489. The molecule has 1 N–H and O–H groups in total. The summed E-state index contributed by atoms with van der Waals surface area (Å²) in [7, 11) is 0. The Morgan fingerprint density at radius 2 is 2.07 bits per heavy atom. The molecule has 4 amide bonds. The number of amides is 4. The number of ether oxygens (including phenoxy) is 1. The fourth-order valence-electron chi connectivity index (χ4n) is 2.57. The van der Waals surface area contributed by atoms with E-state index in [0.717, 1.165) is 11.3 Å². The Hall–Kier alpha value is -2.87. The largest absolute Gasteiger partial charge is 0.490 e. The topological polar surface area (TPSA) is 88.8 Å². The first-order chi connectivity index (χ1) is 13.4. The number of carbonyl (C=O) groups is 3. The normalized spacial score (nSPS) is 17.0. The number of imide groups is 2. The number of barbiturate groups is 1. The fraction of sp³-hybridized carbons (Fsp3) is 0.250. The SMILES string of the molecule is CC[C@@H](C)Oc1ccc(/C=C2\C(=O)NC(=O)N(Cc3ccco3)C2=O)cc1Br. The van der Waals surface area contributed by atoms with Crippen LogP contribution in [-0.4, -0.2) is 28.8 Å². The van der Waals surface area contributed by atoms with E-state index < -0.39 is 17.8 Å². The number of carbonyl (C=O) groups excluding carboxylic acids is 3. The molecule has 0 saturated carbocycles. The van der Waals surface area contributed by atoms with Crippen molar-refractivity contribution in [2.45, 2.75) is 32.9 Å². The van der Waals surface area contributed by atoms with Gasteiger partial charge in [0.2, 0.25) is 0 Å². The molecule has 8 heteroatoms. The van der Waals surface area contributed by atoms with E-state index in [-0.39, 0.29) is 18.2 Å². The second-order valence-electron chi connectivity index (χ2n) is 6.31. The summed E-state index contributed by atoms with van der Waals surface area (Å²) >= 11 is 3.44. The Balaban J connectivity index is 1.85. The van der Waals surface area contributed by atoms with E-state index in [9.17, 15) is 14.4 Å². The van der Waals surface area contributed by atoms with Crippen LogP contribution in [0.5, 0.6) is 5.75 Å². The van der Waals surface area contributed by atoms with E-state index >= 15 is 0 Å². The second kappa shape index (κ2) is 8.43. The van der Waals surface area contributed by atoms with Gasteiger partial charge in [0.1, 0.15) is 17.1 Å². The molecule has 1 fully saturated rings. The van der Waals surface area contributed by atoms with Crippen molar-refractivity contribution in [1.82, 2.24) is 10.2 Å². The number of halogens is 1. The van der Waals surface area contributed by atoms with Crippen molar-refractivity contribution in [3.63, 3.8) is 0 Å². The van der Waals surface area contributed by atoms with Crippen LogP contribution in [0, 0.1) is 0 Å². The Kier molecular flexibility index (Phi) is 5.99. The molecule has 2 aromatic rings. The lowest BCUT2D eigenvalue weighted by molar-refractivity contribution is -0.130. The Morgan fingerprint density at radius 1 is 1.29 bits per heavy atom. The lowest BCUT2D eigenvalue weighted by Crippen LogP contribution is -2.53. The number of benzene rings is 1. The molecule has 0 spiro atoms. The maximum Gasteiger partial charge on any atom is 0.331 e. The van der Waals surface area contributed by atoms with E-state index in [1.165, 1.54) is 12.3 Å². The Morgan fingerprint density at radius 3 is 2.71 bits per heavy atom. The van der Waals surface area contributed by atoms with Crippen LogP contribution in [-0.2, 0) is 16.1 Å². The molecule has 146 valence electrons.